The number of ketones is 1. The summed E-state index contributed by atoms with van der Waals surface area (Å²) in [5, 5.41) is 2.89. The fourth-order valence-electron chi connectivity index (χ4n) is 3.90. The van der Waals surface area contributed by atoms with Crippen molar-refractivity contribution in [3.05, 3.63) is 83.2 Å². The molecule has 0 saturated carbocycles. The van der Waals surface area contributed by atoms with Gasteiger partial charge in [0.15, 0.2) is 5.78 Å². The topological polar surface area (TPSA) is 72.4 Å². The molecule has 160 valence electrons. The van der Waals surface area contributed by atoms with Gasteiger partial charge in [-0.05, 0) is 72.8 Å². The summed E-state index contributed by atoms with van der Waals surface area (Å²) in [6, 6.07) is 13.3. The van der Waals surface area contributed by atoms with Gasteiger partial charge in [-0.15, -0.1) is 11.3 Å². The third kappa shape index (κ3) is 3.85. The molecule has 5 rings (SSSR count). The van der Waals surface area contributed by atoms with Crippen molar-refractivity contribution in [2.75, 3.05) is 11.4 Å². The average Bonchev–Trinajstić information content (AvgIpc) is 3.49. The maximum atomic E-state index is 13.1. The van der Waals surface area contributed by atoms with Gasteiger partial charge >= 0.3 is 5.97 Å². The number of esters is 1. The van der Waals surface area contributed by atoms with Crippen LogP contribution in [0.1, 0.15) is 28.8 Å². The molecular formula is C24H18FN3O3S. The fourth-order valence-corrected chi connectivity index (χ4v) is 4.62. The molecule has 2 aromatic heterocycles. The number of benzene rings is 2. The van der Waals surface area contributed by atoms with Gasteiger partial charge in [0.2, 0.25) is 0 Å². The van der Waals surface area contributed by atoms with Crippen molar-refractivity contribution in [1.82, 2.24) is 9.97 Å². The predicted molar refractivity (Wildman–Crippen MR) is 120 cm³/mol. The van der Waals surface area contributed by atoms with E-state index in [4.69, 9.17) is 4.74 Å². The Morgan fingerprint density at radius 3 is 2.47 bits per heavy atom. The zero-order chi connectivity index (χ0) is 22.1. The van der Waals surface area contributed by atoms with Gasteiger partial charge < -0.3 is 9.64 Å². The number of thiophene rings is 1. The Bertz CT molecular complexity index is 1290. The minimum atomic E-state index is -0.437. The van der Waals surface area contributed by atoms with E-state index in [9.17, 15) is 14.0 Å². The van der Waals surface area contributed by atoms with Gasteiger partial charge in [0.05, 0.1) is 5.39 Å². The molecule has 1 unspecified atom stereocenters. The minimum absolute atomic E-state index is 0.228. The number of hydrogen-bond acceptors (Lipinski definition) is 7. The number of aromatic nitrogens is 2. The van der Waals surface area contributed by atoms with Crippen molar-refractivity contribution in [2.45, 2.75) is 18.9 Å². The number of halogens is 1. The van der Waals surface area contributed by atoms with Gasteiger partial charge in [0.1, 0.15) is 34.6 Å². The van der Waals surface area contributed by atoms with E-state index in [1.807, 2.05) is 16.3 Å². The predicted octanol–water partition coefficient (Wildman–Crippen LogP) is 4.64. The van der Waals surface area contributed by atoms with Gasteiger partial charge in [0.25, 0.3) is 0 Å². The van der Waals surface area contributed by atoms with E-state index in [1.165, 1.54) is 41.9 Å². The zero-order valence-corrected chi connectivity index (χ0v) is 17.7. The van der Waals surface area contributed by atoms with Crippen molar-refractivity contribution < 1.29 is 18.7 Å². The molecule has 2 aromatic carbocycles. The van der Waals surface area contributed by atoms with Crippen molar-refractivity contribution in [2.24, 2.45) is 0 Å². The quantitative estimate of drug-likeness (QED) is 0.252. The third-order valence-corrected chi connectivity index (χ3v) is 6.30. The summed E-state index contributed by atoms with van der Waals surface area (Å²) in [4.78, 5) is 37.0. The van der Waals surface area contributed by atoms with Crippen LogP contribution in [0.25, 0.3) is 10.2 Å². The first-order valence-electron chi connectivity index (χ1n) is 10.2. The van der Waals surface area contributed by atoms with Crippen LogP contribution < -0.4 is 9.64 Å². The van der Waals surface area contributed by atoms with Crippen LogP contribution in [0.4, 0.5) is 10.2 Å². The summed E-state index contributed by atoms with van der Waals surface area (Å²) in [5.74, 6) is 0.124. The zero-order valence-electron chi connectivity index (χ0n) is 16.9. The number of carbonyl (C=O) groups excluding carboxylic acids is 2. The Balaban J connectivity index is 1.31. The third-order valence-electron chi connectivity index (χ3n) is 5.48. The summed E-state index contributed by atoms with van der Waals surface area (Å²) in [6.45, 7) is 0.715. The first kappa shape index (κ1) is 20.3. The number of hydrogen-bond donors (Lipinski definition) is 0. The smallest absolute Gasteiger partial charge is 0.334 e. The Morgan fingerprint density at radius 1 is 1.00 bits per heavy atom. The first-order valence-corrected chi connectivity index (χ1v) is 11.0. The summed E-state index contributed by atoms with van der Waals surface area (Å²) in [5.41, 5.74) is 0.821. The van der Waals surface area contributed by atoms with Crippen molar-refractivity contribution >= 4 is 39.1 Å². The molecule has 1 aliphatic heterocycles. The van der Waals surface area contributed by atoms with Crippen LogP contribution in [-0.2, 0) is 4.79 Å². The highest BCUT2D eigenvalue weighted by Gasteiger charge is 2.34. The van der Waals surface area contributed by atoms with E-state index in [1.54, 1.807) is 24.3 Å². The first-order chi connectivity index (χ1) is 15.6. The average molecular weight is 447 g/mol. The Hall–Kier alpha value is -3.65. The molecule has 0 bridgehead atoms. The van der Waals surface area contributed by atoms with Crippen LogP contribution in [0.2, 0.25) is 0 Å². The Labute approximate surface area is 187 Å². The monoisotopic (exact) mass is 447 g/mol. The van der Waals surface area contributed by atoms with Crippen LogP contribution in [0.5, 0.6) is 5.75 Å². The van der Waals surface area contributed by atoms with Gasteiger partial charge in [-0.1, -0.05) is 0 Å². The van der Waals surface area contributed by atoms with Crippen LogP contribution in [0.3, 0.4) is 0 Å². The molecule has 0 N–H and O–H groups in total. The number of anilines is 1. The maximum absolute atomic E-state index is 13.1. The second kappa shape index (κ2) is 8.47. The second-order valence-corrected chi connectivity index (χ2v) is 8.36. The van der Waals surface area contributed by atoms with Gasteiger partial charge in [-0.3, -0.25) is 4.79 Å². The van der Waals surface area contributed by atoms with Crippen molar-refractivity contribution in [1.29, 1.82) is 0 Å². The van der Waals surface area contributed by atoms with Gasteiger partial charge in [-0.25, -0.2) is 19.2 Å². The molecule has 8 heteroatoms. The van der Waals surface area contributed by atoms with Crippen LogP contribution in [0.15, 0.2) is 66.3 Å². The molecule has 0 spiro atoms. The van der Waals surface area contributed by atoms with Crippen molar-refractivity contribution in [3.63, 3.8) is 0 Å². The lowest BCUT2D eigenvalue weighted by atomic mass is 10.0. The SMILES string of the molecule is O=C(c1ccc(F)cc1)c1ccc(OC(=O)C2CCCN2c2ncnc3sccc23)cc1. The molecule has 0 aliphatic carbocycles. The van der Waals surface area contributed by atoms with E-state index in [2.05, 4.69) is 9.97 Å². The molecular weight excluding hydrogens is 429 g/mol. The normalized spacial score (nSPS) is 15.8. The van der Waals surface area contributed by atoms with E-state index in [0.29, 0.717) is 29.8 Å². The molecule has 1 saturated heterocycles. The molecule has 6 nitrogen and oxygen atoms in total. The highest BCUT2D eigenvalue weighted by atomic mass is 32.1. The van der Waals surface area contributed by atoms with E-state index >= 15 is 0 Å². The molecule has 3 heterocycles. The summed E-state index contributed by atoms with van der Waals surface area (Å²) >= 11 is 1.54. The largest absolute Gasteiger partial charge is 0.425 e. The highest BCUT2D eigenvalue weighted by molar-refractivity contribution is 7.16. The number of fused-ring (bicyclic) bond motifs is 1. The lowest BCUT2D eigenvalue weighted by Crippen LogP contribution is -2.39. The van der Waals surface area contributed by atoms with Gasteiger partial charge in [-0.2, -0.15) is 0 Å². The van der Waals surface area contributed by atoms with Crippen molar-refractivity contribution in [3.8, 4) is 5.75 Å². The summed E-state index contributed by atoms with van der Waals surface area (Å²) < 4.78 is 18.7. The number of nitrogens with zero attached hydrogens (tertiary/aromatic N) is 3. The Kier molecular flexibility index (Phi) is 5.36. The second-order valence-electron chi connectivity index (χ2n) is 7.47. The molecule has 1 fully saturated rings. The molecule has 32 heavy (non-hydrogen) atoms. The molecule has 4 aromatic rings. The van der Waals surface area contributed by atoms with Crippen LogP contribution >= 0.6 is 11.3 Å². The summed E-state index contributed by atoms with van der Waals surface area (Å²) in [7, 11) is 0. The molecule has 0 amide bonds. The standard InChI is InChI=1S/C24H18FN3O3S/c25-17-7-3-15(4-8-17)21(29)16-5-9-18(10-6-16)31-24(30)20-2-1-12-28(20)22-19-11-13-32-23(19)27-14-26-22/h3-11,13-14,20H,1-2,12H2. The van der Waals surface area contributed by atoms with E-state index < -0.39 is 11.9 Å². The van der Waals surface area contributed by atoms with Gasteiger partial charge in [0, 0.05) is 17.7 Å². The lowest BCUT2D eigenvalue weighted by Gasteiger charge is -2.24. The molecule has 1 atom stereocenters. The van der Waals surface area contributed by atoms with Crippen LogP contribution in [-0.4, -0.2) is 34.3 Å². The highest BCUT2D eigenvalue weighted by Crippen LogP contribution is 2.32. The number of carbonyl (C=O) groups is 2. The minimum Gasteiger partial charge on any atom is -0.425 e. The van der Waals surface area contributed by atoms with Crippen LogP contribution in [0, 0.1) is 5.82 Å². The number of rotatable bonds is 5. The Morgan fingerprint density at radius 2 is 1.72 bits per heavy atom. The molecule has 0 radical (unpaired) electrons. The lowest BCUT2D eigenvalue weighted by molar-refractivity contribution is -0.135. The number of ether oxygens (including phenoxy) is 1. The van der Waals surface area contributed by atoms with E-state index in [-0.39, 0.29) is 11.8 Å². The summed E-state index contributed by atoms with van der Waals surface area (Å²) in [6.07, 6.45) is 3.06. The maximum Gasteiger partial charge on any atom is 0.334 e. The fraction of sp³-hybridized carbons (Fsp3) is 0.167. The van der Waals surface area contributed by atoms with E-state index in [0.717, 1.165) is 22.5 Å². The molecule has 1 aliphatic rings.